The highest BCUT2D eigenvalue weighted by molar-refractivity contribution is 5.58. The highest BCUT2D eigenvalue weighted by atomic mass is 16.5. The van der Waals surface area contributed by atoms with Gasteiger partial charge in [0.1, 0.15) is 17.2 Å². The maximum absolute atomic E-state index is 10.2. The topological polar surface area (TPSA) is 104 Å². The molecular weight excluding hydrogens is 454 g/mol. The van der Waals surface area contributed by atoms with Crippen LogP contribution in [0.5, 0.6) is 0 Å². The number of nitrogens with one attached hydrogen (secondary N) is 1. The van der Waals surface area contributed by atoms with Crippen LogP contribution in [0.2, 0.25) is 0 Å². The average molecular weight is 486 g/mol. The first-order valence-electron chi connectivity index (χ1n) is 12.7. The van der Waals surface area contributed by atoms with Crippen molar-refractivity contribution in [2.75, 3.05) is 31.2 Å². The maximum atomic E-state index is 10.2. The Morgan fingerprint density at radius 3 is 2.78 bits per heavy atom. The molecule has 8 rings (SSSR count). The average Bonchev–Trinajstić information content (AvgIpc) is 3.67. The molecule has 1 aromatic carbocycles. The molecule has 186 valence electrons. The van der Waals surface area contributed by atoms with E-state index in [0.29, 0.717) is 24.7 Å². The number of hydrogen-bond donors (Lipinski definition) is 2. The summed E-state index contributed by atoms with van der Waals surface area (Å²) in [5.74, 6) is 1.91. The molecule has 36 heavy (non-hydrogen) atoms. The van der Waals surface area contributed by atoms with E-state index in [4.69, 9.17) is 14.8 Å². The molecule has 3 aromatic heterocycles. The Morgan fingerprint density at radius 1 is 1.19 bits per heavy atom. The number of hydrogen-bond acceptors (Lipinski definition) is 7. The molecule has 0 amide bonds. The van der Waals surface area contributed by atoms with Gasteiger partial charge in [0.2, 0.25) is 0 Å². The SMILES string of the molecule is Cc1n[nH]c([C@H]2[C@]3(CO)CO[C@@]2(c2nc4c(C)cc(N5CC[C@](C)(c6ccccc6)C5)cn4n2)C3)n1. The molecule has 3 saturated heterocycles. The van der Waals surface area contributed by atoms with Gasteiger partial charge in [-0.2, -0.15) is 5.10 Å². The number of aromatic nitrogens is 6. The smallest absolute Gasteiger partial charge is 0.184 e. The quantitative estimate of drug-likeness (QED) is 0.448. The summed E-state index contributed by atoms with van der Waals surface area (Å²) < 4.78 is 8.25. The second-order valence-corrected chi connectivity index (χ2v) is 11.3. The number of anilines is 1. The Kier molecular flexibility index (Phi) is 4.49. The first kappa shape index (κ1) is 21.9. The number of nitrogens with zero attached hydrogens (tertiary/aromatic N) is 6. The van der Waals surface area contributed by atoms with Crippen molar-refractivity contribution in [1.82, 2.24) is 29.8 Å². The van der Waals surface area contributed by atoms with Crippen LogP contribution < -0.4 is 4.90 Å². The highest BCUT2D eigenvalue weighted by Gasteiger charge is 2.74. The molecule has 9 heteroatoms. The maximum Gasteiger partial charge on any atom is 0.184 e. The first-order chi connectivity index (χ1) is 17.4. The highest BCUT2D eigenvalue weighted by Crippen LogP contribution is 2.70. The summed E-state index contributed by atoms with van der Waals surface area (Å²) >= 11 is 0. The number of pyridine rings is 1. The van der Waals surface area contributed by atoms with Gasteiger partial charge in [-0.15, -0.1) is 5.10 Å². The van der Waals surface area contributed by atoms with E-state index in [1.54, 1.807) is 0 Å². The molecule has 4 atom stereocenters. The molecule has 1 saturated carbocycles. The van der Waals surface area contributed by atoms with Crippen LogP contribution in [-0.4, -0.2) is 61.2 Å². The second-order valence-electron chi connectivity index (χ2n) is 11.3. The van der Waals surface area contributed by atoms with E-state index in [-0.39, 0.29) is 23.4 Å². The van der Waals surface area contributed by atoms with Gasteiger partial charge in [0, 0.05) is 23.9 Å². The molecule has 0 unspecified atom stereocenters. The van der Waals surface area contributed by atoms with Crippen LogP contribution in [0, 0.1) is 19.3 Å². The van der Waals surface area contributed by atoms with Crippen LogP contribution in [0.3, 0.4) is 0 Å². The van der Waals surface area contributed by atoms with E-state index in [9.17, 15) is 5.11 Å². The fourth-order valence-electron chi connectivity index (χ4n) is 6.84. The van der Waals surface area contributed by atoms with Crippen LogP contribution in [-0.2, 0) is 15.8 Å². The van der Waals surface area contributed by atoms with Crippen molar-refractivity contribution < 1.29 is 9.84 Å². The Labute approximate surface area is 209 Å². The van der Waals surface area contributed by atoms with Crippen LogP contribution in [0.25, 0.3) is 5.65 Å². The second kappa shape index (κ2) is 7.36. The summed E-state index contributed by atoms with van der Waals surface area (Å²) in [6.07, 6.45) is 3.87. The fraction of sp³-hybridized carbons (Fsp3) is 0.481. The van der Waals surface area contributed by atoms with Crippen molar-refractivity contribution in [3.8, 4) is 0 Å². The summed E-state index contributed by atoms with van der Waals surface area (Å²) in [7, 11) is 0. The van der Waals surface area contributed by atoms with E-state index in [2.05, 4.69) is 76.5 Å². The first-order valence-corrected chi connectivity index (χ1v) is 12.7. The normalized spacial score (nSPS) is 31.3. The Hall–Kier alpha value is -3.30. The van der Waals surface area contributed by atoms with Crippen LogP contribution in [0.15, 0.2) is 42.6 Å². The number of rotatable bonds is 5. The lowest BCUT2D eigenvalue weighted by molar-refractivity contribution is -0.0714. The summed E-state index contributed by atoms with van der Waals surface area (Å²) in [6.45, 7) is 8.75. The van der Waals surface area contributed by atoms with Crippen LogP contribution >= 0.6 is 0 Å². The molecular formula is C27H31N7O2. The lowest BCUT2D eigenvalue weighted by Gasteiger charge is -2.49. The Bertz CT molecular complexity index is 1470. The molecule has 4 aromatic rings. The summed E-state index contributed by atoms with van der Waals surface area (Å²) in [4.78, 5) is 12.0. The van der Waals surface area contributed by atoms with Gasteiger partial charge in [0.15, 0.2) is 11.5 Å². The number of H-pyrrole nitrogens is 1. The number of aromatic amines is 1. The minimum absolute atomic E-state index is 0.0326. The largest absolute Gasteiger partial charge is 0.396 e. The monoisotopic (exact) mass is 485 g/mol. The lowest BCUT2D eigenvalue weighted by Crippen LogP contribution is -2.53. The van der Waals surface area contributed by atoms with Gasteiger partial charge >= 0.3 is 0 Å². The van der Waals surface area contributed by atoms with Crippen LogP contribution in [0.4, 0.5) is 5.69 Å². The van der Waals surface area contributed by atoms with Crippen molar-refractivity contribution in [3.63, 3.8) is 0 Å². The zero-order chi connectivity index (χ0) is 24.7. The van der Waals surface area contributed by atoms with Gasteiger partial charge in [-0.25, -0.2) is 14.5 Å². The summed E-state index contributed by atoms with van der Waals surface area (Å²) in [6, 6.07) is 13.0. The van der Waals surface area contributed by atoms with Crippen molar-refractivity contribution in [1.29, 1.82) is 0 Å². The number of aliphatic hydroxyl groups is 1. The lowest BCUT2D eigenvalue weighted by atomic mass is 9.53. The molecule has 3 aliphatic heterocycles. The predicted molar refractivity (Wildman–Crippen MR) is 134 cm³/mol. The number of aliphatic hydroxyl groups excluding tert-OH is 1. The number of aryl methyl sites for hydroxylation is 2. The van der Waals surface area contributed by atoms with E-state index in [1.165, 1.54) is 5.56 Å². The molecule has 2 bridgehead atoms. The number of benzene rings is 1. The minimum Gasteiger partial charge on any atom is -0.396 e. The zero-order valence-electron chi connectivity index (χ0n) is 20.9. The molecule has 6 heterocycles. The Morgan fingerprint density at radius 2 is 2.03 bits per heavy atom. The van der Waals surface area contributed by atoms with Crippen molar-refractivity contribution in [2.45, 2.75) is 50.5 Å². The standard InChI is InChI=1S/C27H31N7O2/c1-17-11-20(33-10-9-25(3,14-33)19-7-5-4-6-8-19)12-34-23(17)29-24(32-34)27-13-26(15-35,16-36-27)21(27)22-28-18(2)30-31-22/h4-8,11-12,21,35H,9-10,13-16H2,1-3H3,(H,28,30,31)/t21-,25-,26+,27-/m0/s1. The third kappa shape index (κ3) is 2.90. The molecule has 0 radical (unpaired) electrons. The molecule has 9 nitrogen and oxygen atoms in total. The van der Waals surface area contributed by atoms with Gasteiger partial charge in [0.25, 0.3) is 0 Å². The molecule has 1 aliphatic carbocycles. The predicted octanol–water partition coefficient (Wildman–Crippen LogP) is 3.02. The van der Waals surface area contributed by atoms with Gasteiger partial charge in [-0.3, -0.25) is 5.10 Å². The number of ether oxygens (including phenoxy) is 1. The van der Waals surface area contributed by atoms with Gasteiger partial charge in [-0.1, -0.05) is 37.3 Å². The third-order valence-corrected chi connectivity index (χ3v) is 8.80. The van der Waals surface area contributed by atoms with Crippen molar-refractivity contribution >= 4 is 11.3 Å². The molecule has 2 N–H and O–H groups in total. The molecule has 0 spiro atoms. The third-order valence-electron chi connectivity index (χ3n) is 8.80. The van der Waals surface area contributed by atoms with E-state index in [1.807, 2.05) is 11.4 Å². The fourth-order valence-corrected chi connectivity index (χ4v) is 6.84. The number of fused-ring (bicyclic) bond motifs is 2. The van der Waals surface area contributed by atoms with Crippen LogP contribution in [0.1, 0.15) is 54.3 Å². The van der Waals surface area contributed by atoms with E-state index in [0.717, 1.165) is 42.2 Å². The van der Waals surface area contributed by atoms with E-state index >= 15 is 0 Å². The molecule has 4 aliphatic rings. The minimum atomic E-state index is -0.702. The van der Waals surface area contributed by atoms with Gasteiger partial charge in [-0.05, 0) is 43.9 Å². The van der Waals surface area contributed by atoms with Crippen molar-refractivity contribution in [2.24, 2.45) is 5.41 Å². The van der Waals surface area contributed by atoms with Gasteiger partial charge < -0.3 is 14.7 Å². The summed E-state index contributed by atoms with van der Waals surface area (Å²) in [5, 5.41) is 22.5. The zero-order valence-corrected chi connectivity index (χ0v) is 20.9. The Balaban J connectivity index is 1.24. The van der Waals surface area contributed by atoms with Gasteiger partial charge in [0.05, 0.1) is 31.0 Å². The summed E-state index contributed by atoms with van der Waals surface area (Å²) in [5.41, 5.74) is 3.49. The molecule has 4 fully saturated rings. The van der Waals surface area contributed by atoms with E-state index < -0.39 is 5.60 Å². The van der Waals surface area contributed by atoms with Crippen molar-refractivity contribution in [3.05, 3.63) is 71.2 Å².